The number of aliphatic hydroxyl groups is 1. The highest BCUT2D eigenvalue weighted by atomic mass is 16.3. The Hall–Kier alpha value is -0.160. The molecular weight excluding hydrogens is 238 g/mol. The summed E-state index contributed by atoms with van der Waals surface area (Å²) < 4.78 is 0. The summed E-state index contributed by atoms with van der Waals surface area (Å²) in [6, 6.07) is 0.672. The molecule has 0 radical (unpaired) electrons. The van der Waals surface area contributed by atoms with E-state index in [1.165, 1.54) is 32.2 Å². The van der Waals surface area contributed by atoms with Crippen LogP contribution in [0.2, 0.25) is 0 Å². The van der Waals surface area contributed by atoms with Crippen molar-refractivity contribution < 1.29 is 5.11 Å². The lowest BCUT2D eigenvalue weighted by atomic mass is 9.91. The normalized spacial score (nSPS) is 28.6. The Bertz CT molecular complexity index is 281. The lowest BCUT2D eigenvalue weighted by molar-refractivity contribution is 0.0604. The fraction of sp³-hybridized carbons (Fsp3) is 1.00. The van der Waals surface area contributed by atoms with E-state index in [0.29, 0.717) is 12.0 Å². The van der Waals surface area contributed by atoms with Gasteiger partial charge >= 0.3 is 0 Å². The standard InChI is InChI=1S/C15H31N3O/c1-4-16-15(12-19,13-7-8-13)11-18-9-5-6-14(10-18)17(2)3/h13-14,16,19H,4-12H2,1-3H3. The van der Waals surface area contributed by atoms with Gasteiger partial charge in [-0.1, -0.05) is 6.92 Å². The molecular formula is C15H31N3O. The summed E-state index contributed by atoms with van der Waals surface area (Å²) in [6.45, 7) is 6.70. The molecule has 2 unspecified atom stereocenters. The number of likely N-dealkylation sites (N-methyl/N-ethyl adjacent to an activating group) is 2. The predicted octanol–water partition coefficient (Wildman–Crippen LogP) is 0.763. The zero-order chi connectivity index (χ0) is 13.9. The van der Waals surface area contributed by atoms with Gasteiger partial charge in [-0.05, 0) is 58.8 Å². The van der Waals surface area contributed by atoms with Crippen LogP contribution in [0.25, 0.3) is 0 Å². The molecule has 1 saturated carbocycles. The summed E-state index contributed by atoms with van der Waals surface area (Å²) in [4.78, 5) is 4.91. The van der Waals surface area contributed by atoms with Gasteiger partial charge in [0.25, 0.3) is 0 Å². The average molecular weight is 269 g/mol. The first kappa shape index (κ1) is 15.2. The molecule has 0 amide bonds. The highest BCUT2D eigenvalue weighted by molar-refractivity contribution is 5.03. The molecule has 0 bridgehead atoms. The molecule has 2 atom stereocenters. The molecule has 0 spiro atoms. The first-order chi connectivity index (χ1) is 9.11. The SMILES string of the molecule is CCNC(CO)(CN1CCCC(N(C)C)C1)C1CC1. The molecule has 2 aliphatic rings. The van der Waals surface area contributed by atoms with Crippen molar-refractivity contribution in [3.63, 3.8) is 0 Å². The monoisotopic (exact) mass is 269 g/mol. The molecule has 0 aromatic heterocycles. The Morgan fingerprint density at radius 3 is 2.58 bits per heavy atom. The van der Waals surface area contributed by atoms with Gasteiger partial charge in [-0.2, -0.15) is 0 Å². The quantitative estimate of drug-likeness (QED) is 0.716. The number of hydrogen-bond acceptors (Lipinski definition) is 4. The van der Waals surface area contributed by atoms with Crippen LogP contribution in [-0.4, -0.2) is 73.4 Å². The number of hydrogen-bond donors (Lipinski definition) is 2. The third-order valence-electron chi connectivity index (χ3n) is 4.89. The topological polar surface area (TPSA) is 38.7 Å². The molecule has 2 rings (SSSR count). The highest BCUT2D eigenvalue weighted by Crippen LogP contribution is 2.40. The molecule has 1 aliphatic carbocycles. The van der Waals surface area contributed by atoms with Crippen LogP contribution in [0, 0.1) is 5.92 Å². The van der Waals surface area contributed by atoms with Gasteiger partial charge in [0.05, 0.1) is 12.1 Å². The molecule has 1 heterocycles. The Morgan fingerprint density at radius 2 is 2.05 bits per heavy atom. The van der Waals surface area contributed by atoms with Crippen LogP contribution in [0.15, 0.2) is 0 Å². The molecule has 1 saturated heterocycles. The summed E-state index contributed by atoms with van der Waals surface area (Å²) in [5, 5.41) is 13.5. The minimum Gasteiger partial charge on any atom is -0.394 e. The van der Waals surface area contributed by atoms with Crippen LogP contribution in [0.5, 0.6) is 0 Å². The second kappa shape index (κ2) is 6.53. The second-order valence-corrected chi connectivity index (χ2v) is 6.61. The van der Waals surface area contributed by atoms with Crippen molar-refractivity contribution in [1.29, 1.82) is 0 Å². The van der Waals surface area contributed by atoms with Crippen molar-refractivity contribution >= 4 is 0 Å². The number of rotatable bonds is 7. The smallest absolute Gasteiger partial charge is 0.0628 e. The number of nitrogens with zero attached hydrogens (tertiary/aromatic N) is 2. The van der Waals surface area contributed by atoms with E-state index >= 15 is 0 Å². The zero-order valence-electron chi connectivity index (χ0n) is 12.9. The lowest BCUT2D eigenvalue weighted by Crippen LogP contribution is -2.60. The third-order valence-corrected chi connectivity index (χ3v) is 4.89. The Morgan fingerprint density at radius 1 is 1.32 bits per heavy atom. The summed E-state index contributed by atoms with van der Waals surface area (Å²) in [5.41, 5.74) is -0.0526. The zero-order valence-corrected chi connectivity index (χ0v) is 12.9. The molecule has 1 aliphatic heterocycles. The predicted molar refractivity (Wildman–Crippen MR) is 79.4 cm³/mol. The van der Waals surface area contributed by atoms with Crippen LogP contribution >= 0.6 is 0 Å². The van der Waals surface area contributed by atoms with E-state index in [9.17, 15) is 5.11 Å². The van der Waals surface area contributed by atoms with Crippen LogP contribution in [0.3, 0.4) is 0 Å². The largest absolute Gasteiger partial charge is 0.394 e. The maximum Gasteiger partial charge on any atom is 0.0628 e. The summed E-state index contributed by atoms with van der Waals surface area (Å²) in [7, 11) is 4.36. The van der Waals surface area contributed by atoms with Gasteiger partial charge in [0, 0.05) is 19.1 Å². The second-order valence-electron chi connectivity index (χ2n) is 6.61. The lowest BCUT2D eigenvalue weighted by Gasteiger charge is -2.42. The molecule has 0 aromatic rings. The number of piperidine rings is 1. The summed E-state index contributed by atoms with van der Waals surface area (Å²) in [6.07, 6.45) is 5.14. The van der Waals surface area contributed by atoms with Crippen molar-refractivity contribution in [2.24, 2.45) is 5.92 Å². The molecule has 2 N–H and O–H groups in total. The van der Waals surface area contributed by atoms with Crippen molar-refractivity contribution in [3.8, 4) is 0 Å². The molecule has 19 heavy (non-hydrogen) atoms. The molecule has 2 fully saturated rings. The van der Waals surface area contributed by atoms with E-state index in [4.69, 9.17) is 0 Å². The van der Waals surface area contributed by atoms with Gasteiger partial charge in [0.2, 0.25) is 0 Å². The van der Waals surface area contributed by atoms with Gasteiger partial charge in [-0.15, -0.1) is 0 Å². The van der Waals surface area contributed by atoms with Gasteiger partial charge in [0.1, 0.15) is 0 Å². The first-order valence-corrected chi connectivity index (χ1v) is 7.86. The van der Waals surface area contributed by atoms with Gasteiger partial charge in [0.15, 0.2) is 0 Å². The minimum absolute atomic E-state index is 0.0526. The van der Waals surface area contributed by atoms with Crippen molar-refractivity contribution in [2.75, 3.05) is 46.9 Å². The molecule has 0 aromatic carbocycles. The highest BCUT2D eigenvalue weighted by Gasteiger charge is 2.45. The van der Waals surface area contributed by atoms with Crippen LogP contribution < -0.4 is 5.32 Å². The van der Waals surface area contributed by atoms with Gasteiger partial charge in [-0.3, -0.25) is 4.90 Å². The van der Waals surface area contributed by atoms with Crippen molar-refractivity contribution in [2.45, 2.75) is 44.2 Å². The maximum atomic E-state index is 9.92. The fourth-order valence-electron chi connectivity index (χ4n) is 3.55. The van der Waals surface area contributed by atoms with E-state index in [0.717, 1.165) is 19.6 Å². The average Bonchev–Trinajstić information content (AvgIpc) is 3.23. The number of likely N-dealkylation sites (tertiary alicyclic amines) is 1. The Balaban J connectivity index is 1.96. The van der Waals surface area contributed by atoms with Gasteiger partial charge < -0.3 is 15.3 Å². The van der Waals surface area contributed by atoms with E-state index in [1.807, 2.05) is 0 Å². The van der Waals surface area contributed by atoms with E-state index in [2.05, 4.69) is 36.1 Å². The first-order valence-electron chi connectivity index (χ1n) is 7.86. The van der Waals surface area contributed by atoms with E-state index in [-0.39, 0.29) is 12.1 Å². The fourth-order valence-corrected chi connectivity index (χ4v) is 3.55. The minimum atomic E-state index is -0.0526. The summed E-state index contributed by atoms with van der Waals surface area (Å²) in [5.74, 6) is 0.678. The van der Waals surface area contributed by atoms with Crippen LogP contribution in [-0.2, 0) is 0 Å². The van der Waals surface area contributed by atoms with Crippen LogP contribution in [0.4, 0.5) is 0 Å². The van der Waals surface area contributed by atoms with Crippen molar-refractivity contribution in [1.82, 2.24) is 15.1 Å². The van der Waals surface area contributed by atoms with Gasteiger partial charge in [-0.25, -0.2) is 0 Å². The molecule has 112 valence electrons. The maximum absolute atomic E-state index is 9.92. The molecule has 4 nitrogen and oxygen atoms in total. The Kier molecular flexibility index (Phi) is 5.23. The number of nitrogens with one attached hydrogen (secondary N) is 1. The van der Waals surface area contributed by atoms with E-state index in [1.54, 1.807) is 0 Å². The van der Waals surface area contributed by atoms with E-state index < -0.39 is 0 Å². The molecule has 4 heteroatoms. The Labute approximate surface area is 118 Å². The number of aliphatic hydroxyl groups excluding tert-OH is 1. The van der Waals surface area contributed by atoms with Crippen LogP contribution in [0.1, 0.15) is 32.6 Å². The third kappa shape index (κ3) is 3.69. The van der Waals surface area contributed by atoms with Crippen molar-refractivity contribution in [3.05, 3.63) is 0 Å². The summed E-state index contributed by atoms with van der Waals surface area (Å²) >= 11 is 0.